The summed E-state index contributed by atoms with van der Waals surface area (Å²) in [5, 5.41) is 0. The van der Waals surface area contributed by atoms with E-state index in [0.29, 0.717) is 11.4 Å². The molecule has 0 aromatic heterocycles. The van der Waals surface area contributed by atoms with Gasteiger partial charge in [0, 0.05) is 18.8 Å². The lowest BCUT2D eigenvalue weighted by Gasteiger charge is -2.40. The lowest BCUT2D eigenvalue weighted by Crippen LogP contribution is -2.40. The predicted octanol–water partition coefficient (Wildman–Crippen LogP) is 2.97. The summed E-state index contributed by atoms with van der Waals surface area (Å²) in [6.07, 6.45) is 5.05. The molecule has 4 heteroatoms. The largest absolute Gasteiger partial charge is 0.399 e. The molecule has 116 valence electrons. The Kier molecular flexibility index (Phi) is 4.34. The van der Waals surface area contributed by atoms with Gasteiger partial charge in [0.05, 0.1) is 5.69 Å². The molecule has 0 amide bonds. The molecule has 0 saturated carbocycles. The maximum Gasteiger partial charge on any atom is 0.148 e. The van der Waals surface area contributed by atoms with E-state index in [-0.39, 0.29) is 5.82 Å². The summed E-state index contributed by atoms with van der Waals surface area (Å²) in [5.74, 6) is 1.51. The molecule has 3 rings (SSSR count). The topological polar surface area (TPSA) is 32.5 Å². The van der Waals surface area contributed by atoms with Crippen LogP contribution in [0.25, 0.3) is 0 Å². The fraction of sp³-hybridized carbons (Fsp3) is 0.647. The first-order valence-corrected chi connectivity index (χ1v) is 8.12. The second kappa shape index (κ2) is 6.22. The first-order valence-electron chi connectivity index (χ1n) is 8.12. The molecule has 2 aliphatic rings. The van der Waals surface area contributed by atoms with Gasteiger partial charge < -0.3 is 15.5 Å². The Labute approximate surface area is 126 Å². The monoisotopic (exact) mass is 291 g/mol. The molecule has 0 aliphatic carbocycles. The van der Waals surface area contributed by atoms with E-state index in [1.54, 1.807) is 6.07 Å². The van der Waals surface area contributed by atoms with Crippen LogP contribution in [0.15, 0.2) is 18.2 Å². The van der Waals surface area contributed by atoms with E-state index in [4.69, 9.17) is 5.73 Å². The third-order valence-corrected chi connectivity index (χ3v) is 5.28. The molecule has 2 saturated heterocycles. The van der Waals surface area contributed by atoms with Crippen LogP contribution in [0.1, 0.15) is 25.7 Å². The molecule has 2 heterocycles. The summed E-state index contributed by atoms with van der Waals surface area (Å²) < 4.78 is 14.0. The summed E-state index contributed by atoms with van der Waals surface area (Å²) in [7, 11) is 2.21. The molecular formula is C17H26FN3. The molecule has 0 spiro atoms. The third-order valence-electron chi connectivity index (χ3n) is 5.28. The summed E-state index contributed by atoms with van der Waals surface area (Å²) >= 11 is 0. The summed E-state index contributed by atoms with van der Waals surface area (Å²) in [5.41, 5.74) is 6.84. The second-order valence-electron chi connectivity index (χ2n) is 6.68. The molecule has 1 aromatic rings. The van der Waals surface area contributed by atoms with Gasteiger partial charge in [-0.2, -0.15) is 0 Å². The summed E-state index contributed by atoms with van der Waals surface area (Å²) in [6.45, 7) is 4.41. The number of nitrogens with two attached hydrogens (primary N) is 1. The highest BCUT2D eigenvalue weighted by Crippen LogP contribution is 2.34. The first kappa shape index (κ1) is 14.6. The van der Waals surface area contributed by atoms with Gasteiger partial charge in [-0.25, -0.2) is 4.39 Å². The van der Waals surface area contributed by atoms with E-state index in [0.717, 1.165) is 24.9 Å². The molecule has 0 bridgehead atoms. The van der Waals surface area contributed by atoms with Gasteiger partial charge in [0.25, 0.3) is 0 Å². The average Bonchev–Trinajstić information content (AvgIpc) is 2.48. The fourth-order valence-corrected chi connectivity index (χ4v) is 3.89. The Bertz CT molecular complexity index is 475. The van der Waals surface area contributed by atoms with Crippen molar-refractivity contribution in [2.45, 2.75) is 25.7 Å². The Balaban J connectivity index is 1.57. The minimum absolute atomic E-state index is 0.187. The van der Waals surface area contributed by atoms with Crippen LogP contribution in [-0.2, 0) is 0 Å². The minimum atomic E-state index is -0.187. The number of piperidine rings is 2. The van der Waals surface area contributed by atoms with Crippen LogP contribution in [0.4, 0.5) is 15.8 Å². The van der Waals surface area contributed by atoms with Gasteiger partial charge in [0.1, 0.15) is 5.82 Å². The highest BCUT2D eigenvalue weighted by Gasteiger charge is 2.29. The van der Waals surface area contributed by atoms with Gasteiger partial charge in [0.2, 0.25) is 0 Å². The smallest absolute Gasteiger partial charge is 0.148 e. The Morgan fingerprint density at radius 1 is 1.00 bits per heavy atom. The zero-order valence-electron chi connectivity index (χ0n) is 12.9. The Hall–Kier alpha value is -1.29. The van der Waals surface area contributed by atoms with Crippen molar-refractivity contribution in [1.29, 1.82) is 0 Å². The lowest BCUT2D eigenvalue weighted by molar-refractivity contribution is 0.154. The Morgan fingerprint density at radius 2 is 1.57 bits per heavy atom. The molecule has 0 atom stereocenters. The van der Waals surface area contributed by atoms with Gasteiger partial charge in [0.15, 0.2) is 0 Å². The normalized spacial score (nSPS) is 22.7. The van der Waals surface area contributed by atoms with Gasteiger partial charge in [-0.15, -0.1) is 0 Å². The van der Waals surface area contributed by atoms with Gasteiger partial charge in [-0.1, -0.05) is 0 Å². The number of hydrogen-bond acceptors (Lipinski definition) is 3. The SMILES string of the molecule is CN1CCC(C2CCN(c3ccc(N)cc3F)CC2)CC1. The number of nitrogens with zero attached hydrogens (tertiary/aromatic N) is 2. The van der Waals surface area contributed by atoms with Gasteiger partial charge in [-0.05, 0) is 75.9 Å². The van der Waals surface area contributed by atoms with E-state index in [1.807, 2.05) is 6.07 Å². The molecule has 2 fully saturated rings. The van der Waals surface area contributed by atoms with Crippen molar-refractivity contribution < 1.29 is 4.39 Å². The van der Waals surface area contributed by atoms with Crippen LogP contribution in [0.3, 0.4) is 0 Å². The highest BCUT2D eigenvalue weighted by atomic mass is 19.1. The van der Waals surface area contributed by atoms with Crippen molar-refractivity contribution in [3.63, 3.8) is 0 Å². The molecular weight excluding hydrogens is 265 g/mol. The maximum absolute atomic E-state index is 14.0. The number of halogens is 1. The van der Waals surface area contributed by atoms with Crippen LogP contribution in [-0.4, -0.2) is 38.1 Å². The number of anilines is 2. The highest BCUT2D eigenvalue weighted by molar-refractivity contribution is 5.54. The van der Waals surface area contributed by atoms with E-state index in [9.17, 15) is 4.39 Å². The number of nitrogen functional groups attached to an aromatic ring is 1. The number of rotatable bonds is 2. The maximum atomic E-state index is 14.0. The molecule has 0 radical (unpaired) electrons. The average molecular weight is 291 g/mol. The molecule has 2 N–H and O–H groups in total. The van der Waals surface area contributed by atoms with Crippen molar-refractivity contribution in [3.05, 3.63) is 24.0 Å². The number of benzene rings is 1. The van der Waals surface area contributed by atoms with Gasteiger partial charge >= 0.3 is 0 Å². The summed E-state index contributed by atoms with van der Waals surface area (Å²) in [4.78, 5) is 4.61. The fourth-order valence-electron chi connectivity index (χ4n) is 3.89. The zero-order chi connectivity index (χ0) is 14.8. The van der Waals surface area contributed by atoms with Gasteiger partial charge in [-0.3, -0.25) is 0 Å². The van der Waals surface area contributed by atoms with Crippen molar-refractivity contribution in [3.8, 4) is 0 Å². The summed E-state index contributed by atoms with van der Waals surface area (Å²) in [6, 6.07) is 5.04. The van der Waals surface area contributed by atoms with E-state index < -0.39 is 0 Å². The molecule has 0 unspecified atom stereocenters. The van der Waals surface area contributed by atoms with Crippen molar-refractivity contribution >= 4 is 11.4 Å². The van der Waals surface area contributed by atoms with E-state index in [1.165, 1.54) is 44.8 Å². The van der Waals surface area contributed by atoms with Crippen LogP contribution in [0.2, 0.25) is 0 Å². The number of likely N-dealkylation sites (tertiary alicyclic amines) is 1. The zero-order valence-corrected chi connectivity index (χ0v) is 12.9. The third kappa shape index (κ3) is 3.31. The van der Waals surface area contributed by atoms with E-state index >= 15 is 0 Å². The molecule has 21 heavy (non-hydrogen) atoms. The standard InChI is InChI=1S/C17H26FN3/c1-20-8-4-13(5-9-20)14-6-10-21(11-7-14)17-3-2-15(19)12-16(17)18/h2-3,12-14H,4-11,19H2,1H3. The molecule has 3 nitrogen and oxygen atoms in total. The van der Waals surface area contributed by atoms with Crippen LogP contribution >= 0.6 is 0 Å². The van der Waals surface area contributed by atoms with Crippen LogP contribution in [0, 0.1) is 17.7 Å². The predicted molar refractivity (Wildman–Crippen MR) is 86.0 cm³/mol. The minimum Gasteiger partial charge on any atom is -0.399 e. The molecule has 2 aliphatic heterocycles. The van der Waals surface area contributed by atoms with Crippen molar-refractivity contribution in [2.24, 2.45) is 11.8 Å². The van der Waals surface area contributed by atoms with E-state index in [2.05, 4.69) is 16.8 Å². The van der Waals surface area contributed by atoms with Crippen LogP contribution in [0.5, 0.6) is 0 Å². The quantitative estimate of drug-likeness (QED) is 0.850. The second-order valence-corrected chi connectivity index (χ2v) is 6.68. The van der Waals surface area contributed by atoms with Crippen molar-refractivity contribution in [1.82, 2.24) is 4.90 Å². The molecule has 1 aromatic carbocycles. The number of hydrogen-bond donors (Lipinski definition) is 1. The van der Waals surface area contributed by atoms with Crippen molar-refractivity contribution in [2.75, 3.05) is 43.9 Å². The Morgan fingerprint density at radius 3 is 2.14 bits per heavy atom. The first-order chi connectivity index (χ1) is 10.1. The van der Waals surface area contributed by atoms with Crippen LogP contribution < -0.4 is 10.6 Å². The lowest BCUT2D eigenvalue weighted by atomic mass is 9.79.